The molecule has 0 amide bonds. The zero-order chi connectivity index (χ0) is 15.9. The first-order chi connectivity index (χ1) is 10.5. The van der Waals surface area contributed by atoms with E-state index in [1.54, 1.807) is 36.4 Å². The van der Waals surface area contributed by atoms with Crippen molar-refractivity contribution < 1.29 is 19.1 Å². The molecule has 0 aliphatic carbocycles. The fourth-order valence-corrected chi connectivity index (χ4v) is 1.92. The Morgan fingerprint density at radius 2 is 1.18 bits per heavy atom. The summed E-state index contributed by atoms with van der Waals surface area (Å²) in [5.74, 6) is 0.707. The molecule has 22 heavy (non-hydrogen) atoms. The van der Waals surface area contributed by atoms with Crippen LogP contribution in [0, 0.1) is 0 Å². The molecule has 0 radical (unpaired) electrons. The second-order valence-corrected chi connectivity index (χ2v) is 4.77. The van der Waals surface area contributed by atoms with Gasteiger partial charge in [-0.05, 0) is 35.4 Å². The van der Waals surface area contributed by atoms with Gasteiger partial charge in [0.15, 0.2) is 0 Å². The average molecular weight is 337 g/mol. The van der Waals surface area contributed by atoms with Crippen LogP contribution in [0.3, 0.4) is 0 Å². The number of benzene rings is 2. The van der Waals surface area contributed by atoms with Gasteiger partial charge >= 0.3 is 10.9 Å². The van der Waals surface area contributed by atoms with Gasteiger partial charge in [0, 0.05) is 23.2 Å². The molecule has 2 aromatic rings. The van der Waals surface area contributed by atoms with Gasteiger partial charge in [-0.1, -0.05) is 36.4 Å². The maximum absolute atomic E-state index is 10.7. The van der Waals surface area contributed by atoms with E-state index in [2.05, 4.69) is 0 Å². The summed E-state index contributed by atoms with van der Waals surface area (Å²) in [6.07, 6.45) is 3.63. The van der Waals surface area contributed by atoms with Crippen LogP contribution in [-0.2, 0) is 0 Å². The molecule has 0 unspecified atom stereocenters. The van der Waals surface area contributed by atoms with Crippen LogP contribution >= 0.6 is 23.2 Å². The third-order valence-corrected chi connectivity index (χ3v) is 2.73. The second kappa shape index (κ2) is 7.64. The first-order valence-electron chi connectivity index (χ1n) is 6.16. The predicted octanol–water partition coefficient (Wildman–Crippen LogP) is 5.33. The summed E-state index contributed by atoms with van der Waals surface area (Å²) in [6, 6.07) is 13.7. The van der Waals surface area contributed by atoms with Crippen molar-refractivity contribution in [3.05, 3.63) is 59.7 Å². The lowest BCUT2D eigenvalue weighted by atomic mass is 10.1. The number of hydrogen-bond donors (Lipinski definition) is 0. The summed E-state index contributed by atoms with van der Waals surface area (Å²) in [4.78, 5) is 21.4. The van der Waals surface area contributed by atoms with E-state index in [0.717, 1.165) is 11.1 Å². The minimum absolute atomic E-state index is 0.354. The summed E-state index contributed by atoms with van der Waals surface area (Å²) in [6.45, 7) is 0. The summed E-state index contributed by atoms with van der Waals surface area (Å²) in [5.41, 5.74) is -0.154. The van der Waals surface area contributed by atoms with Crippen LogP contribution in [0.1, 0.15) is 11.1 Å². The van der Waals surface area contributed by atoms with Gasteiger partial charge in [0.1, 0.15) is 11.5 Å². The predicted molar refractivity (Wildman–Crippen MR) is 85.6 cm³/mol. The smallest absolute Gasteiger partial charge is 0.409 e. The van der Waals surface area contributed by atoms with Crippen molar-refractivity contribution in [2.24, 2.45) is 0 Å². The molecule has 4 nitrogen and oxygen atoms in total. The van der Waals surface area contributed by atoms with E-state index in [1.165, 1.54) is 0 Å². The minimum atomic E-state index is -0.892. The molecule has 6 heteroatoms. The number of rotatable bonds is 4. The average Bonchev–Trinajstić information content (AvgIpc) is 2.44. The van der Waals surface area contributed by atoms with E-state index in [9.17, 15) is 9.59 Å². The molecule has 0 fully saturated rings. The van der Waals surface area contributed by atoms with Crippen molar-refractivity contribution >= 4 is 46.2 Å². The summed E-state index contributed by atoms with van der Waals surface area (Å²) in [7, 11) is 0. The summed E-state index contributed by atoms with van der Waals surface area (Å²) < 4.78 is 9.58. The maximum Gasteiger partial charge on any atom is 0.409 e. The number of halogens is 2. The van der Waals surface area contributed by atoms with Gasteiger partial charge in [-0.25, -0.2) is 9.59 Å². The molecule has 0 N–H and O–H groups in total. The molecule has 0 aromatic heterocycles. The van der Waals surface area contributed by atoms with Crippen molar-refractivity contribution in [3.63, 3.8) is 0 Å². The van der Waals surface area contributed by atoms with Crippen LogP contribution in [0.25, 0.3) is 12.2 Å². The van der Waals surface area contributed by atoms with Crippen LogP contribution < -0.4 is 9.47 Å². The topological polar surface area (TPSA) is 52.6 Å². The monoisotopic (exact) mass is 336 g/mol. The fourth-order valence-electron chi connectivity index (χ4n) is 1.74. The number of hydrogen-bond acceptors (Lipinski definition) is 4. The number of ether oxygens (including phenoxy) is 2. The lowest BCUT2D eigenvalue weighted by molar-refractivity contribution is 0.224. The quantitative estimate of drug-likeness (QED) is 0.559. The highest BCUT2D eigenvalue weighted by Crippen LogP contribution is 2.19. The molecule has 0 atom stereocenters. The van der Waals surface area contributed by atoms with Gasteiger partial charge in [0.05, 0.1) is 0 Å². The Kier molecular flexibility index (Phi) is 5.58. The molecule has 0 bridgehead atoms. The van der Waals surface area contributed by atoms with E-state index in [0.29, 0.717) is 11.5 Å². The Morgan fingerprint density at radius 1 is 0.773 bits per heavy atom. The highest BCUT2D eigenvalue weighted by Gasteiger charge is 2.01. The molecule has 112 valence electrons. The minimum Gasteiger partial charge on any atom is -0.414 e. The molecule has 0 saturated carbocycles. The van der Waals surface area contributed by atoms with Crippen LogP contribution in [0.2, 0.25) is 0 Å². The van der Waals surface area contributed by atoms with Crippen molar-refractivity contribution in [2.45, 2.75) is 0 Å². The standard InChI is InChI=1S/C16H10Cl2O4/c17-15(19)21-13-5-1-3-11(9-13)7-8-12-4-2-6-14(10-12)22-16(18)20/h1-10H. The van der Waals surface area contributed by atoms with Gasteiger partial charge < -0.3 is 9.47 Å². The molecule has 0 spiro atoms. The Bertz CT molecular complexity index is 664. The Balaban J connectivity index is 2.14. The van der Waals surface area contributed by atoms with Crippen LogP contribution in [-0.4, -0.2) is 10.9 Å². The van der Waals surface area contributed by atoms with E-state index >= 15 is 0 Å². The lowest BCUT2D eigenvalue weighted by Gasteiger charge is -2.02. The fraction of sp³-hybridized carbons (Fsp3) is 0. The zero-order valence-electron chi connectivity index (χ0n) is 11.2. The first kappa shape index (κ1) is 16.1. The molecule has 0 saturated heterocycles. The van der Waals surface area contributed by atoms with Crippen molar-refractivity contribution in [2.75, 3.05) is 0 Å². The van der Waals surface area contributed by atoms with E-state index in [1.807, 2.05) is 24.3 Å². The number of carbonyl (C=O) groups excluding carboxylic acids is 2. The van der Waals surface area contributed by atoms with E-state index in [-0.39, 0.29) is 0 Å². The Labute approximate surface area is 136 Å². The van der Waals surface area contributed by atoms with Crippen LogP contribution in [0.5, 0.6) is 11.5 Å². The Hall–Kier alpha value is -2.30. The molecular formula is C16H10Cl2O4. The second-order valence-electron chi connectivity index (χ2n) is 4.16. The summed E-state index contributed by atoms with van der Waals surface area (Å²) in [5, 5.41) is 0. The van der Waals surface area contributed by atoms with Gasteiger partial charge in [0.25, 0.3) is 0 Å². The van der Waals surface area contributed by atoms with Gasteiger partial charge in [0.2, 0.25) is 0 Å². The molecule has 0 aliphatic heterocycles. The van der Waals surface area contributed by atoms with Crippen LogP contribution in [0.15, 0.2) is 48.5 Å². The van der Waals surface area contributed by atoms with Gasteiger partial charge in [-0.3, -0.25) is 0 Å². The summed E-state index contributed by atoms with van der Waals surface area (Å²) >= 11 is 10.3. The van der Waals surface area contributed by atoms with Gasteiger partial charge in [-0.2, -0.15) is 0 Å². The van der Waals surface area contributed by atoms with Gasteiger partial charge in [-0.15, -0.1) is 0 Å². The first-order valence-corrected chi connectivity index (χ1v) is 6.91. The molecule has 2 aromatic carbocycles. The normalized spacial score (nSPS) is 10.5. The van der Waals surface area contributed by atoms with Crippen LogP contribution in [0.4, 0.5) is 9.59 Å². The highest BCUT2D eigenvalue weighted by atomic mass is 35.5. The zero-order valence-corrected chi connectivity index (χ0v) is 12.7. The van der Waals surface area contributed by atoms with Crippen molar-refractivity contribution in [3.8, 4) is 11.5 Å². The molecule has 2 rings (SSSR count). The molecule has 0 heterocycles. The molecule has 0 aliphatic rings. The number of carbonyl (C=O) groups is 2. The Morgan fingerprint density at radius 3 is 1.55 bits per heavy atom. The van der Waals surface area contributed by atoms with Crippen molar-refractivity contribution in [1.82, 2.24) is 0 Å². The lowest BCUT2D eigenvalue weighted by Crippen LogP contribution is -1.96. The third-order valence-electron chi connectivity index (χ3n) is 2.58. The third kappa shape index (κ3) is 5.24. The maximum atomic E-state index is 10.7. The molecular weight excluding hydrogens is 327 g/mol. The largest absolute Gasteiger partial charge is 0.414 e. The van der Waals surface area contributed by atoms with E-state index < -0.39 is 10.9 Å². The van der Waals surface area contributed by atoms with E-state index in [4.69, 9.17) is 32.7 Å². The SMILES string of the molecule is O=C(Cl)Oc1cccc(C=Cc2cccc(OC(=O)Cl)c2)c1. The van der Waals surface area contributed by atoms with Crippen molar-refractivity contribution in [1.29, 1.82) is 0 Å². The highest BCUT2D eigenvalue weighted by molar-refractivity contribution is 6.61.